The molecule has 4 unspecified atom stereocenters. The number of carbonyl (C=O) groups excluding carboxylic acids is 2. The second-order valence-electron chi connectivity index (χ2n) is 7.62. The largest absolute Gasteiger partial charge is 0.429 e. The van der Waals surface area contributed by atoms with Crippen molar-refractivity contribution in [2.24, 2.45) is 0 Å². The maximum absolute atomic E-state index is 12.0. The van der Waals surface area contributed by atoms with E-state index in [0.717, 1.165) is 5.56 Å². The van der Waals surface area contributed by atoms with Crippen molar-refractivity contribution in [2.45, 2.75) is 71.6 Å². The van der Waals surface area contributed by atoms with Crippen molar-refractivity contribution < 1.29 is 38.7 Å². The number of esters is 2. The van der Waals surface area contributed by atoms with E-state index in [1.807, 2.05) is 30.3 Å². The average Bonchev–Trinajstić information content (AvgIpc) is 2.67. The predicted molar refractivity (Wildman–Crippen MR) is 113 cm³/mol. The minimum Gasteiger partial charge on any atom is -0.429 e. The SMILES string of the molecule is C=C(C)C(=O)OC(OC(C)(Cc1ccccc1)OC(OC(=O)C(=C)C)C(C)O)C(C)O. The Morgan fingerprint density at radius 2 is 1.29 bits per heavy atom. The second-order valence-corrected chi connectivity index (χ2v) is 7.62. The molecule has 0 bridgehead atoms. The molecule has 0 spiro atoms. The van der Waals surface area contributed by atoms with Gasteiger partial charge >= 0.3 is 11.9 Å². The van der Waals surface area contributed by atoms with Gasteiger partial charge in [-0.25, -0.2) is 9.59 Å². The van der Waals surface area contributed by atoms with Gasteiger partial charge in [0.05, 0.1) is 0 Å². The Kier molecular flexibility index (Phi) is 10.1. The molecule has 0 aliphatic rings. The maximum atomic E-state index is 12.0. The molecular formula is C23H32O8. The molecule has 2 N–H and O–H groups in total. The summed E-state index contributed by atoms with van der Waals surface area (Å²) in [5.41, 5.74) is 1.03. The van der Waals surface area contributed by atoms with Crippen LogP contribution in [-0.2, 0) is 35.0 Å². The second kappa shape index (κ2) is 11.8. The fourth-order valence-corrected chi connectivity index (χ4v) is 2.42. The quantitative estimate of drug-likeness (QED) is 0.292. The van der Waals surface area contributed by atoms with Crippen molar-refractivity contribution in [3.63, 3.8) is 0 Å². The number of aliphatic hydroxyl groups excluding tert-OH is 2. The first-order chi connectivity index (χ1) is 14.3. The normalized spacial score (nSPS) is 16.9. The molecule has 0 saturated carbocycles. The van der Waals surface area contributed by atoms with Gasteiger partial charge in [0.2, 0.25) is 12.6 Å². The molecule has 0 aliphatic carbocycles. The van der Waals surface area contributed by atoms with Crippen molar-refractivity contribution in [2.75, 3.05) is 0 Å². The van der Waals surface area contributed by atoms with E-state index in [1.165, 1.54) is 34.6 Å². The molecular weight excluding hydrogens is 404 g/mol. The number of ether oxygens (including phenoxy) is 4. The van der Waals surface area contributed by atoms with Gasteiger partial charge in [0.1, 0.15) is 12.2 Å². The molecule has 1 aromatic carbocycles. The Labute approximate surface area is 183 Å². The van der Waals surface area contributed by atoms with Crippen molar-refractivity contribution in [1.82, 2.24) is 0 Å². The standard InChI is InChI=1S/C23H32O8/c1-14(2)19(26)28-21(16(5)24)30-23(7,13-18-11-9-8-10-12-18)31-22(17(6)25)29-20(27)15(3)4/h8-12,16-17,21-22,24-25H,1,3,13H2,2,4-7H3. The molecule has 4 atom stereocenters. The summed E-state index contributed by atoms with van der Waals surface area (Å²) in [5.74, 6) is -3.09. The lowest BCUT2D eigenvalue weighted by molar-refractivity contribution is -0.354. The van der Waals surface area contributed by atoms with Gasteiger partial charge in [0, 0.05) is 17.6 Å². The molecule has 1 aromatic rings. The van der Waals surface area contributed by atoms with Crippen LogP contribution in [0.15, 0.2) is 54.6 Å². The van der Waals surface area contributed by atoms with Gasteiger partial charge in [0.25, 0.3) is 0 Å². The topological polar surface area (TPSA) is 112 Å². The van der Waals surface area contributed by atoms with E-state index in [1.54, 1.807) is 0 Å². The van der Waals surface area contributed by atoms with Crippen LogP contribution in [0.2, 0.25) is 0 Å². The van der Waals surface area contributed by atoms with Crippen molar-refractivity contribution >= 4 is 11.9 Å². The van der Waals surface area contributed by atoms with Crippen LogP contribution in [-0.4, -0.2) is 52.7 Å². The highest BCUT2D eigenvalue weighted by Crippen LogP contribution is 2.27. The minimum absolute atomic E-state index is 0.121. The molecule has 0 aromatic heterocycles. The van der Waals surface area contributed by atoms with E-state index < -0.39 is 42.5 Å². The third kappa shape index (κ3) is 9.02. The van der Waals surface area contributed by atoms with Crippen LogP contribution in [0.25, 0.3) is 0 Å². The Bertz CT molecular complexity index is 727. The minimum atomic E-state index is -1.57. The maximum Gasteiger partial charge on any atom is 0.335 e. The van der Waals surface area contributed by atoms with Crippen LogP contribution in [0.3, 0.4) is 0 Å². The third-order valence-electron chi connectivity index (χ3n) is 4.03. The summed E-state index contributed by atoms with van der Waals surface area (Å²) in [4.78, 5) is 24.0. The van der Waals surface area contributed by atoms with E-state index in [0.29, 0.717) is 0 Å². The number of aliphatic hydroxyl groups is 2. The van der Waals surface area contributed by atoms with Gasteiger partial charge in [0.15, 0.2) is 5.79 Å². The highest BCUT2D eigenvalue weighted by Gasteiger charge is 2.39. The number of hydrogen-bond acceptors (Lipinski definition) is 8. The molecule has 0 fully saturated rings. The first-order valence-electron chi connectivity index (χ1n) is 9.83. The summed E-state index contributed by atoms with van der Waals surface area (Å²) < 4.78 is 22.1. The summed E-state index contributed by atoms with van der Waals surface area (Å²) >= 11 is 0. The molecule has 31 heavy (non-hydrogen) atoms. The summed E-state index contributed by atoms with van der Waals surface area (Å²) in [6.45, 7) is 14.2. The molecule has 0 radical (unpaired) electrons. The van der Waals surface area contributed by atoms with Crippen molar-refractivity contribution in [3.05, 3.63) is 60.2 Å². The zero-order valence-corrected chi connectivity index (χ0v) is 18.7. The Morgan fingerprint density at radius 1 is 0.903 bits per heavy atom. The Balaban J connectivity index is 3.22. The molecule has 0 heterocycles. The summed E-state index contributed by atoms with van der Waals surface area (Å²) in [5, 5.41) is 20.2. The van der Waals surface area contributed by atoms with Crippen molar-refractivity contribution in [3.8, 4) is 0 Å². The van der Waals surface area contributed by atoms with Crippen LogP contribution >= 0.6 is 0 Å². The molecule has 172 valence electrons. The van der Waals surface area contributed by atoms with Gasteiger partial charge in [-0.05, 0) is 40.2 Å². The number of carbonyl (C=O) groups is 2. The average molecular weight is 437 g/mol. The molecule has 8 nitrogen and oxygen atoms in total. The number of rotatable bonds is 12. The van der Waals surface area contributed by atoms with E-state index in [4.69, 9.17) is 18.9 Å². The number of hydrogen-bond donors (Lipinski definition) is 2. The third-order valence-corrected chi connectivity index (χ3v) is 4.03. The molecule has 0 aliphatic heterocycles. The Hall–Kier alpha value is -2.52. The molecule has 8 heteroatoms. The van der Waals surface area contributed by atoms with Gasteiger partial charge in [-0.3, -0.25) is 0 Å². The fraction of sp³-hybridized carbons (Fsp3) is 0.478. The van der Waals surface area contributed by atoms with E-state index in [2.05, 4.69) is 13.2 Å². The summed E-state index contributed by atoms with van der Waals surface area (Å²) in [7, 11) is 0. The van der Waals surface area contributed by atoms with Crippen LogP contribution in [0.4, 0.5) is 0 Å². The van der Waals surface area contributed by atoms with E-state index in [-0.39, 0.29) is 17.6 Å². The zero-order valence-electron chi connectivity index (χ0n) is 18.7. The summed E-state index contributed by atoms with van der Waals surface area (Å²) in [6, 6.07) is 9.11. The first-order valence-corrected chi connectivity index (χ1v) is 9.83. The van der Waals surface area contributed by atoms with Crippen molar-refractivity contribution in [1.29, 1.82) is 0 Å². The lowest BCUT2D eigenvalue weighted by Crippen LogP contribution is -2.49. The first kappa shape index (κ1) is 26.5. The predicted octanol–water partition coefficient (Wildman–Crippen LogP) is 2.63. The summed E-state index contributed by atoms with van der Waals surface area (Å²) in [6.07, 6.45) is -5.14. The van der Waals surface area contributed by atoms with E-state index >= 15 is 0 Å². The highest BCUT2D eigenvalue weighted by atomic mass is 16.8. The molecule has 1 rings (SSSR count). The van der Waals surface area contributed by atoms with E-state index in [9.17, 15) is 19.8 Å². The van der Waals surface area contributed by atoms with Crippen LogP contribution in [0.1, 0.15) is 40.2 Å². The smallest absolute Gasteiger partial charge is 0.335 e. The van der Waals surface area contributed by atoms with Crippen LogP contribution in [0, 0.1) is 0 Å². The van der Waals surface area contributed by atoms with Gasteiger partial charge in [-0.1, -0.05) is 43.5 Å². The van der Waals surface area contributed by atoms with Gasteiger partial charge in [-0.15, -0.1) is 0 Å². The highest BCUT2D eigenvalue weighted by molar-refractivity contribution is 5.87. The lowest BCUT2D eigenvalue weighted by Gasteiger charge is -2.37. The molecule has 0 saturated heterocycles. The fourth-order valence-electron chi connectivity index (χ4n) is 2.42. The monoisotopic (exact) mass is 436 g/mol. The lowest BCUT2D eigenvalue weighted by atomic mass is 10.1. The molecule has 0 amide bonds. The van der Waals surface area contributed by atoms with Crippen LogP contribution in [0.5, 0.6) is 0 Å². The van der Waals surface area contributed by atoms with Gasteiger partial charge in [-0.2, -0.15) is 0 Å². The van der Waals surface area contributed by atoms with Gasteiger partial charge < -0.3 is 29.2 Å². The zero-order chi connectivity index (χ0) is 23.8. The van der Waals surface area contributed by atoms with Crippen LogP contribution < -0.4 is 0 Å². The Morgan fingerprint density at radius 3 is 1.61 bits per heavy atom. The number of benzene rings is 1.